The van der Waals surface area contributed by atoms with E-state index in [-0.39, 0.29) is 0 Å². The Morgan fingerprint density at radius 2 is 1.65 bits per heavy atom. The second kappa shape index (κ2) is 8.50. The first kappa shape index (κ1) is 14.5. The molecule has 1 saturated carbocycles. The molecular weight excluding hydrogens is 212 g/mol. The van der Waals surface area contributed by atoms with E-state index in [0.29, 0.717) is 19.0 Å². The van der Waals surface area contributed by atoms with Crippen LogP contribution in [0.1, 0.15) is 32.1 Å². The number of nitrogens with zero attached hydrogens (tertiary/aromatic N) is 1. The van der Waals surface area contributed by atoms with Crippen LogP contribution >= 0.6 is 0 Å². The van der Waals surface area contributed by atoms with Crippen LogP contribution in [-0.2, 0) is 0 Å². The van der Waals surface area contributed by atoms with Crippen LogP contribution in [0, 0.1) is 5.92 Å². The van der Waals surface area contributed by atoms with Crippen molar-refractivity contribution in [3.63, 3.8) is 0 Å². The fourth-order valence-corrected chi connectivity index (χ4v) is 2.55. The van der Waals surface area contributed by atoms with Crippen LogP contribution in [0.25, 0.3) is 0 Å². The van der Waals surface area contributed by atoms with Crippen LogP contribution in [0.2, 0.25) is 0 Å². The zero-order valence-corrected chi connectivity index (χ0v) is 10.9. The van der Waals surface area contributed by atoms with Gasteiger partial charge < -0.3 is 17.2 Å². The van der Waals surface area contributed by atoms with Crippen molar-refractivity contribution in [3.05, 3.63) is 11.8 Å². The van der Waals surface area contributed by atoms with E-state index in [2.05, 4.69) is 11.0 Å². The standard InChI is InChI=1S/C13H28N4/c14-6-8-17(9-7-15)11-13(16)10-12-4-2-1-3-5-12/h10,12H,1-9,11,14-16H2. The normalized spacial score (nSPS) is 18.9. The minimum absolute atomic E-state index is 0.663. The SMILES string of the molecule is NCCN(CCN)CC(N)=CC1CCCCC1. The molecule has 0 amide bonds. The number of nitrogens with two attached hydrogens (primary N) is 3. The molecule has 0 bridgehead atoms. The number of hydrogen-bond donors (Lipinski definition) is 3. The van der Waals surface area contributed by atoms with E-state index in [1.54, 1.807) is 0 Å². The predicted octanol–water partition coefficient (Wildman–Crippen LogP) is 0.629. The van der Waals surface area contributed by atoms with Crippen molar-refractivity contribution in [2.75, 3.05) is 32.7 Å². The van der Waals surface area contributed by atoms with Crippen LogP contribution in [0.3, 0.4) is 0 Å². The maximum Gasteiger partial charge on any atom is 0.0377 e. The van der Waals surface area contributed by atoms with Gasteiger partial charge in [-0.3, -0.25) is 4.90 Å². The summed E-state index contributed by atoms with van der Waals surface area (Å²) in [5.74, 6) is 0.696. The predicted molar refractivity (Wildman–Crippen MR) is 73.4 cm³/mol. The molecule has 0 aromatic heterocycles. The average Bonchev–Trinajstić information content (AvgIpc) is 2.30. The molecule has 4 heteroatoms. The Hall–Kier alpha value is -0.580. The topological polar surface area (TPSA) is 81.3 Å². The van der Waals surface area contributed by atoms with E-state index in [4.69, 9.17) is 17.2 Å². The summed E-state index contributed by atoms with van der Waals surface area (Å²) in [4.78, 5) is 2.23. The molecule has 0 atom stereocenters. The van der Waals surface area contributed by atoms with Gasteiger partial charge in [0.1, 0.15) is 0 Å². The summed E-state index contributed by atoms with van der Waals surface area (Å²) in [6, 6.07) is 0. The zero-order chi connectivity index (χ0) is 12.5. The Labute approximate surface area is 105 Å². The molecule has 0 aromatic carbocycles. The largest absolute Gasteiger partial charge is 0.401 e. The molecule has 0 radical (unpaired) electrons. The molecule has 0 spiro atoms. The molecule has 1 aliphatic rings. The maximum absolute atomic E-state index is 6.10. The third-order valence-corrected chi connectivity index (χ3v) is 3.40. The number of rotatable bonds is 7. The molecule has 0 heterocycles. The van der Waals surface area contributed by atoms with Crippen LogP contribution in [0.15, 0.2) is 11.8 Å². The van der Waals surface area contributed by atoms with Gasteiger partial charge in [0.2, 0.25) is 0 Å². The van der Waals surface area contributed by atoms with Crippen LogP contribution in [-0.4, -0.2) is 37.6 Å². The van der Waals surface area contributed by atoms with E-state index < -0.39 is 0 Å². The molecule has 1 fully saturated rings. The second-order valence-electron chi connectivity index (χ2n) is 4.99. The highest BCUT2D eigenvalue weighted by molar-refractivity contribution is 5.03. The fourth-order valence-electron chi connectivity index (χ4n) is 2.55. The third-order valence-electron chi connectivity index (χ3n) is 3.40. The van der Waals surface area contributed by atoms with Crippen LogP contribution < -0.4 is 17.2 Å². The van der Waals surface area contributed by atoms with Crippen molar-refractivity contribution in [2.45, 2.75) is 32.1 Å². The Balaban J connectivity index is 2.38. The van der Waals surface area contributed by atoms with Crippen molar-refractivity contribution < 1.29 is 0 Å². The highest BCUT2D eigenvalue weighted by Gasteiger charge is 2.12. The quantitative estimate of drug-likeness (QED) is 0.609. The van der Waals surface area contributed by atoms with Crippen molar-refractivity contribution in [1.82, 2.24) is 4.90 Å². The summed E-state index contributed by atoms with van der Waals surface area (Å²) in [6.07, 6.45) is 8.95. The highest BCUT2D eigenvalue weighted by Crippen LogP contribution is 2.25. The first-order valence-electron chi connectivity index (χ1n) is 6.85. The van der Waals surface area contributed by atoms with Gasteiger partial charge in [-0.15, -0.1) is 0 Å². The van der Waals surface area contributed by atoms with Gasteiger partial charge in [-0.1, -0.05) is 25.3 Å². The number of hydrogen-bond acceptors (Lipinski definition) is 4. The Bertz CT molecular complexity index is 215. The van der Waals surface area contributed by atoms with Gasteiger partial charge in [0, 0.05) is 38.4 Å². The van der Waals surface area contributed by atoms with E-state index in [0.717, 1.165) is 25.3 Å². The summed E-state index contributed by atoms with van der Waals surface area (Å²) < 4.78 is 0. The van der Waals surface area contributed by atoms with Crippen molar-refractivity contribution >= 4 is 0 Å². The van der Waals surface area contributed by atoms with E-state index in [1.807, 2.05) is 0 Å². The average molecular weight is 240 g/mol. The molecule has 17 heavy (non-hydrogen) atoms. The van der Waals surface area contributed by atoms with Gasteiger partial charge in [-0.05, 0) is 18.8 Å². The summed E-state index contributed by atoms with van der Waals surface area (Å²) in [5, 5.41) is 0. The van der Waals surface area contributed by atoms with Crippen molar-refractivity contribution in [1.29, 1.82) is 0 Å². The highest BCUT2D eigenvalue weighted by atomic mass is 15.1. The molecule has 1 rings (SSSR count). The minimum Gasteiger partial charge on any atom is -0.401 e. The summed E-state index contributed by atoms with van der Waals surface area (Å²) >= 11 is 0. The van der Waals surface area contributed by atoms with Crippen molar-refractivity contribution in [3.8, 4) is 0 Å². The molecular formula is C13H28N4. The molecule has 0 saturated heterocycles. The summed E-state index contributed by atoms with van der Waals surface area (Å²) in [7, 11) is 0. The molecule has 0 unspecified atom stereocenters. The Kier molecular flexibility index (Phi) is 7.24. The van der Waals surface area contributed by atoms with Crippen LogP contribution in [0.4, 0.5) is 0 Å². The zero-order valence-electron chi connectivity index (χ0n) is 10.9. The number of allylic oxidation sites excluding steroid dienone is 1. The first-order valence-corrected chi connectivity index (χ1v) is 6.85. The van der Waals surface area contributed by atoms with E-state index >= 15 is 0 Å². The lowest BCUT2D eigenvalue weighted by Crippen LogP contribution is -2.36. The molecule has 6 N–H and O–H groups in total. The first-order chi connectivity index (χ1) is 8.26. The summed E-state index contributed by atoms with van der Waals surface area (Å²) in [5.41, 5.74) is 18.2. The lowest BCUT2D eigenvalue weighted by Gasteiger charge is -2.23. The molecule has 1 aliphatic carbocycles. The fraction of sp³-hybridized carbons (Fsp3) is 0.846. The van der Waals surface area contributed by atoms with Gasteiger partial charge >= 0.3 is 0 Å². The molecule has 100 valence electrons. The van der Waals surface area contributed by atoms with E-state index in [9.17, 15) is 0 Å². The second-order valence-corrected chi connectivity index (χ2v) is 4.99. The smallest absolute Gasteiger partial charge is 0.0377 e. The molecule has 0 aliphatic heterocycles. The van der Waals surface area contributed by atoms with E-state index in [1.165, 1.54) is 32.1 Å². The van der Waals surface area contributed by atoms with Gasteiger partial charge in [-0.2, -0.15) is 0 Å². The molecule has 0 aromatic rings. The maximum atomic E-state index is 6.10. The van der Waals surface area contributed by atoms with Gasteiger partial charge in [0.15, 0.2) is 0 Å². The molecule has 4 nitrogen and oxygen atoms in total. The monoisotopic (exact) mass is 240 g/mol. The summed E-state index contributed by atoms with van der Waals surface area (Å²) in [6.45, 7) is 3.88. The minimum atomic E-state index is 0.663. The third kappa shape index (κ3) is 6.05. The van der Waals surface area contributed by atoms with Gasteiger partial charge in [-0.25, -0.2) is 0 Å². The lowest BCUT2D eigenvalue weighted by atomic mass is 9.88. The van der Waals surface area contributed by atoms with Crippen molar-refractivity contribution in [2.24, 2.45) is 23.1 Å². The Morgan fingerprint density at radius 3 is 2.18 bits per heavy atom. The van der Waals surface area contributed by atoms with Gasteiger partial charge in [0.05, 0.1) is 0 Å². The van der Waals surface area contributed by atoms with Gasteiger partial charge in [0.25, 0.3) is 0 Å². The van der Waals surface area contributed by atoms with Crippen LogP contribution in [0.5, 0.6) is 0 Å². The Morgan fingerprint density at radius 1 is 1.06 bits per heavy atom. The lowest BCUT2D eigenvalue weighted by molar-refractivity contribution is 0.310.